The van der Waals surface area contributed by atoms with E-state index in [1.807, 2.05) is 36.4 Å². The first-order valence-corrected chi connectivity index (χ1v) is 7.91. The number of hydrazone groups is 1. The van der Waals surface area contributed by atoms with Crippen molar-refractivity contribution in [2.24, 2.45) is 11.0 Å². The van der Waals surface area contributed by atoms with E-state index < -0.39 is 0 Å². The predicted octanol–water partition coefficient (Wildman–Crippen LogP) is 3.73. The number of hydrogen-bond donors (Lipinski definition) is 2. The molecule has 2 N–H and O–H groups in total. The van der Waals surface area contributed by atoms with Gasteiger partial charge in [-0.3, -0.25) is 5.43 Å². The second-order valence-electron chi connectivity index (χ2n) is 5.58. The van der Waals surface area contributed by atoms with Crippen LogP contribution in [-0.4, -0.2) is 18.4 Å². The topological polar surface area (TPSA) is 58.8 Å². The van der Waals surface area contributed by atoms with Gasteiger partial charge in [0.25, 0.3) is 0 Å². The summed E-state index contributed by atoms with van der Waals surface area (Å²) < 4.78 is 11.0. The van der Waals surface area contributed by atoms with Gasteiger partial charge in [0.2, 0.25) is 0 Å². The normalized spacial score (nSPS) is 19.6. The third-order valence-corrected chi connectivity index (χ3v) is 4.03. The van der Waals surface area contributed by atoms with Crippen molar-refractivity contribution in [3.8, 4) is 5.75 Å². The summed E-state index contributed by atoms with van der Waals surface area (Å²) in [5, 5.41) is 7.51. The van der Waals surface area contributed by atoms with Gasteiger partial charge in [-0.25, -0.2) is 0 Å². The molecule has 1 fully saturated rings. The number of ether oxygens (including phenoxy) is 1. The minimum atomic E-state index is 0.383. The third kappa shape index (κ3) is 3.90. The molecular weight excluding hydrogens is 310 g/mol. The van der Waals surface area contributed by atoms with Gasteiger partial charge in [0.05, 0.1) is 19.0 Å². The van der Waals surface area contributed by atoms with Gasteiger partial charge in [-0.2, -0.15) is 5.10 Å². The first-order valence-electron chi connectivity index (χ1n) is 7.50. The molecule has 1 aromatic heterocycles. The molecule has 0 unspecified atom stereocenters. The predicted molar refractivity (Wildman–Crippen MR) is 95.2 cm³/mol. The number of para-hydroxylation sites is 2. The molecule has 5 nitrogen and oxygen atoms in total. The van der Waals surface area contributed by atoms with Crippen LogP contribution in [0, 0.1) is 5.92 Å². The van der Waals surface area contributed by atoms with Gasteiger partial charge >= 0.3 is 0 Å². The standard InChI is InChI=1S/C17H19N3O2S/c1-11-9-13(11)15-8-7-12(22-15)10-18-20-17(23)19-14-5-3-4-6-16(14)21-2/h3-8,10-11,13H,9H2,1-2H3,(H2,19,20,23)/b18-10-/t11-,13+/m0/s1. The van der Waals surface area contributed by atoms with E-state index in [0.29, 0.717) is 16.8 Å². The van der Waals surface area contributed by atoms with Crippen LogP contribution in [0.3, 0.4) is 0 Å². The zero-order chi connectivity index (χ0) is 16.2. The summed E-state index contributed by atoms with van der Waals surface area (Å²) in [4.78, 5) is 0. The van der Waals surface area contributed by atoms with Crippen LogP contribution in [-0.2, 0) is 0 Å². The Morgan fingerprint density at radius 3 is 2.87 bits per heavy atom. The zero-order valence-corrected chi connectivity index (χ0v) is 13.9. The van der Waals surface area contributed by atoms with Crippen molar-refractivity contribution in [2.45, 2.75) is 19.3 Å². The van der Waals surface area contributed by atoms with E-state index in [4.69, 9.17) is 21.4 Å². The molecule has 2 aromatic rings. The Balaban J connectivity index is 1.53. The Labute approximate surface area is 140 Å². The van der Waals surface area contributed by atoms with Crippen LogP contribution in [0.5, 0.6) is 5.75 Å². The number of nitrogens with zero attached hydrogens (tertiary/aromatic N) is 1. The first-order chi connectivity index (χ1) is 11.2. The molecule has 0 bridgehead atoms. The summed E-state index contributed by atoms with van der Waals surface area (Å²) >= 11 is 5.21. The molecule has 1 aliphatic carbocycles. The van der Waals surface area contributed by atoms with Crippen LogP contribution in [0.15, 0.2) is 45.9 Å². The van der Waals surface area contributed by atoms with Gasteiger partial charge in [-0.15, -0.1) is 0 Å². The Morgan fingerprint density at radius 1 is 1.35 bits per heavy atom. The molecule has 1 aliphatic rings. The largest absolute Gasteiger partial charge is 0.495 e. The molecule has 0 amide bonds. The summed E-state index contributed by atoms with van der Waals surface area (Å²) in [6.45, 7) is 2.23. The van der Waals surface area contributed by atoms with Crippen LogP contribution < -0.4 is 15.5 Å². The van der Waals surface area contributed by atoms with E-state index in [9.17, 15) is 0 Å². The number of furan rings is 1. The Hall–Kier alpha value is -2.34. The van der Waals surface area contributed by atoms with Gasteiger partial charge in [-0.05, 0) is 48.8 Å². The van der Waals surface area contributed by atoms with Crippen LogP contribution in [0.1, 0.15) is 30.8 Å². The highest BCUT2D eigenvalue weighted by atomic mass is 32.1. The number of nitrogens with one attached hydrogen (secondary N) is 2. The monoisotopic (exact) mass is 329 g/mol. The van der Waals surface area contributed by atoms with Crippen LogP contribution in [0.25, 0.3) is 0 Å². The van der Waals surface area contributed by atoms with E-state index in [1.165, 1.54) is 6.42 Å². The van der Waals surface area contributed by atoms with Gasteiger partial charge in [0, 0.05) is 5.92 Å². The summed E-state index contributed by atoms with van der Waals surface area (Å²) in [5.74, 6) is 3.76. The van der Waals surface area contributed by atoms with Crippen molar-refractivity contribution >= 4 is 29.2 Å². The number of hydrogen-bond acceptors (Lipinski definition) is 4. The van der Waals surface area contributed by atoms with Crippen LogP contribution in [0.4, 0.5) is 5.69 Å². The molecule has 3 rings (SSSR count). The smallest absolute Gasteiger partial charge is 0.191 e. The Bertz CT molecular complexity index is 726. The number of benzene rings is 1. The highest BCUT2D eigenvalue weighted by Crippen LogP contribution is 2.47. The summed E-state index contributed by atoms with van der Waals surface area (Å²) in [6, 6.07) is 11.5. The van der Waals surface area contributed by atoms with Crippen molar-refractivity contribution in [2.75, 3.05) is 12.4 Å². The fourth-order valence-electron chi connectivity index (χ4n) is 2.41. The maximum atomic E-state index is 5.74. The van der Waals surface area contributed by atoms with E-state index in [1.54, 1.807) is 13.3 Å². The molecule has 0 spiro atoms. The molecule has 0 radical (unpaired) electrons. The minimum Gasteiger partial charge on any atom is -0.495 e. The lowest BCUT2D eigenvalue weighted by atomic mass is 10.3. The van der Waals surface area contributed by atoms with Gasteiger partial charge in [0.1, 0.15) is 17.3 Å². The van der Waals surface area contributed by atoms with Gasteiger partial charge < -0.3 is 14.5 Å². The van der Waals surface area contributed by atoms with Gasteiger partial charge in [0.15, 0.2) is 5.11 Å². The number of thiocarbonyl (C=S) groups is 1. The molecular formula is C17H19N3O2S. The zero-order valence-electron chi connectivity index (χ0n) is 13.1. The summed E-state index contributed by atoms with van der Waals surface area (Å²) in [7, 11) is 1.62. The lowest BCUT2D eigenvalue weighted by Gasteiger charge is -2.10. The maximum Gasteiger partial charge on any atom is 0.191 e. The average molecular weight is 329 g/mol. The lowest BCUT2D eigenvalue weighted by Crippen LogP contribution is -2.24. The van der Waals surface area contributed by atoms with Crippen molar-refractivity contribution < 1.29 is 9.15 Å². The fraction of sp³-hybridized carbons (Fsp3) is 0.294. The second kappa shape index (κ2) is 6.83. The molecule has 0 saturated heterocycles. The Kier molecular flexibility index (Phi) is 4.62. The van der Waals surface area contributed by atoms with Crippen LogP contribution >= 0.6 is 12.2 Å². The van der Waals surface area contributed by atoms with E-state index in [-0.39, 0.29) is 0 Å². The molecule has 0 aliphatic heterocycles. The second-order valence-corrected chi connectivity index (χ2v) is 5.99. The summed E-state index contributed by atoms with van der Waals surface area (Å²) in [6.07, 6.45) is 2.82. The molecule has 2 atom stereocenters. The first kappa shape index (κ1) is 15.6. The molecule has 6 heteroatoms. The fourth-order valence-corrected chi connectivity index (χ4v) is 2.57. The highest BCUT2D eigenvalue weighted by molar-refractivity contribution is 7.80. The molecule has 1 saturated carbocycles. The Morgan fingerprint density at radius 2 is 2.13 bits per heavy atom. The van der Waals surface area contributed by atoms with E-state index in [0.717, 1.165) is 23.1 Å². The molecule has 1 heterocycles. The molecule has 120 valence electrons. The lowest BCUT2D eigenvalue weighted by molar-refractivity contribution is 0.417. The van der Waals surface area contributed by atoms with Crippen molar-refractivity contribution in [3.63, 3.8) is 0 Å². The van der Waals surface area contributed by atoms with E-state index in [2.05, 4.69) is 22.8 Å². The van der Waals surface area contributed by atoms with Crippen molar-refractivity contribution in [1.82, 2.24) is 5.43 Å². The van der Waals surface area contributed by atoms with Crippen molar-refractivity contribution in [1.29, 1.82) is 0 Å². The SMILES string of the molecule is COc1ccccc1NC(=S)N/N=C\c1ccc([C@@H]2C[C@@H]2C)o1. The number of anilines is 1. The highest BCUT2D eigenvalue weighted by Gasteiger charge is 2.36. The van der Waals surface area contributed by atoms with E-state index >= 15 is 0 Å². The molecule has 1 aromatic carbocycles. The van der Waals surface area contributed by atoms with Crippen molar-refractivity contribution in [3.05, 3.63) is 47.9 Å². The summed E-state index contributed by atoms with van der Waals surface area (Å²) in [5.41, 5.74) is 3.55. The average Bonchev–Trinajstić information content (AvgIpc) is 3.09. The minimum absolute atomic E-state index is 0.383. The number of methoxy groups -OCH3 is 1. The number of rotatable bonds is 5. The third-order valence-electron chi connectivity index (χ3n) is 3.84. The molecule has 23 heavy (non-hydrogen) atoms. The van der Waals surface area contributed by atoms with Crippen LogP contribution in [0.2, 0.25) is 0 Å². The van der Waals surface area contributed by atoms with Gasteiger partial charge in [-0.1, -0.05) is 19.1 Å². The quantitative estimate of drug-likeness (QED) is 0.497. The maximum absolute atomic E-state index is 5.74.